The summed E-state index contributed by atoms with van der Waals surface area (Å²) in [5, 5.41) is 7.40. The van der Waals surface area contributed by atoms with Gasteiger partial charge in [-0.1, -0.05) is 30.3 Å². The molecule has 0 fully saturated rings. The van der Waals surface area contributed by atoms with E-state index < -0.39 is 5.97 Å². The number of carbonyl (C=O) groups excluding carboxylic acids is 1. The number of benzene rings is 2. The standard InChI is InChI=1S/C22H25N7O3/c1-15(30)32-18-11-10-17(12-19(18)31-4)14-24-28-21-25-20(26-22(27-21)29(2)3)23-13-16-8-6-5-7-9-16/h5-12,14H,13H2,1-4H3,(H2,23,25,26,27,28). The number of hydrogen-bond donors (Lipinski definition) is 2. The molecule has 1 aromatic heterocycles. The van der Waals surface area contributed by atoms with Crippen molar-refractivity contribution in [2.24, 2.45) is 5.10 Å². The Morgan fingerprint density at radius 3 is 2.50 bits per heavy atom. The summed E-state index contributed by atoms with van der Waals surface area (Å²) in [5.41, 5.74) is 4.67. The number of hydrogen-bond acceptors (Lipinski definition) is 10. The molecule has 0 spiro atoms. The molecule has 0 aliphatic heterocycles. The second kappa shape index (κ2) is 10.7. The topological polar surface area (TPSA) is 114 Å². The van der Waals surface area contributed by atoms with Gasteiger partial charge in [-0.25, -0.2) is 5.43 Å². The van der Waals surface area contributed by atoms with E-state index >= 15 is 0 Å². The minimum atomic E-state index is -0.422. The Hall–Kier alpha value is -4.21. The third kappa shape index (κ3) is 6.39. The van der Waals surface area contributed by atoms with Crippen LogP contribution in [-0.2, 0) is 11.3 Å². The third-order valence-electron chi connectivity index (χ3n) is 4.14. The zero-order chi connectivity index (χ0) is 22.9. The second-order valence-corrected chi connectivity index (χ2v) is 6.89. The molecule has 10 heteroatoms. The van der Waals surface area contributed by atoms with E-state index in [1.807, 2.05) is 44.4 Å². The molecule has 0 bridgehead atoms. The van der Waals surface area contributed by atoms with Gasteiger partial charge < -0.3 is 19.7 Å². The zero-order valence-electron chi connectivity index (χ0n) is 18.4. The molecule has 2 N–H and O–H groups in total. The fourth-order valence-corrected chi connectivity index (χ4v) is 2.64. The van der Waals surface area contributed by atoms with Crippen molar-refractivity contribution in [1.82, 2.24) is 15.0 Å². The van der Waals surface area contributed by atoms with E-state index in [1.54, 1.807) is 29.3 Å². The van der Waals surface area contributed by atoms with Crippen LogP contribution in [0, 0.1) is 0 Å². The van der Waals surface area contributed by atoms with Gasteiger partial charge in [-0.15, -0.1) is 0 Å². The van der Waals surface area contributed by atoms with Gasteiger partial charge in [-0.3, -0.25) is 4.79 Å². The lowest BCUT2D eigenvalue weighted by molar-refractivity contribution is -0.132. The Morgan fingerprint density at radius 2 is 1.81 bits per heavy atom. The van der Waals surface area contributed by atoms with Crippen LogP contribution < -0.4 is 25.1 Å². The monoisotopic (exact) mass is 435 g/mol. The largest absolute Gasteiger partial charge is 0.493 e. The lowest BCUT2D eigenvalue weighted by Crippen LogP contribution is -2.16. The molecule has 0 radical (unpaired) electrons. The normalized spacial score (nSPS) is 10.6. The highest BCUT2D eigenvalue weighted by Crippen LogP contribution is 2.27. The Kier molecular flexibility index (Phi) is 7.52. The second-order valence-electron chi connectivity index (χ2n) is 6.89. The number of esters is 1. The smallest absolute Gasteiger partial charge is 0.308 e. The number of hydrazone groups is 1. The molecule has 0 amide bonds. The van der Waals surface area contributed by atoms with E-state index in [2.05, 4.69) is 30.8 Å². The van der Waals surface area contributed by atoms with Crippen LogP contribution >= 0.6 is 0 Å². The summed E-state index contributed by atoms with van der Waals surface area (Å²) in [7, 11) is 5.19. The highest BCUT2D eigenvalue weighted by molar-refractivity contribution is 5.82. The summed E-state index contributed by atoms with van der Waals surface area (Å²) in [4.78, 5) is 26.1. The molecule has 32 heavy (non-hydrogen) atoms. The summed E-state index contributed by atoms with van der Waals surface area (Å²) in [5.74, 6) is 1.55. The van der Waals surface area contributed by atoms with Crippen LogP contribution in [0.1, 0.15) is 18.1 Å². The van der Waals surface area contributed by atoms with Crippen molar-refractivity contribution < 1.29 is 14.3 Å². The van der Waals surface area contributed by atoms with Gasteiger partial charge in [0.25, 0.3) is 0 Å². The first-order valence-electron chi connectivity index (χ1n) is 9.81. The van der Waals surface area contributed by atoms with Gasteiger partial charge in [0.15, 0.2) is 11.5 Å². The Morgan fingerprint density at radius 1 is 1.06 bits per heavy atom. The van der Waals surface area contributed by atoms with E-state index in [-0.39, 0.29) is 0 Å². The summed E-state index contributed by atoms with van der Waals surface area (Å²) < 4.78 is 10.4. The molecule has 0 atom stereocenters. The molecule has 10 nitrogen and oxygen atoms in total. The summed E-state index contributed by atoms with van der Waals surface area (Å²) in [6.45, 7) is 1.91. The predicted octanol–water partition coefficient (Wildman–Crippen LogP) is 2.93. The van der Waals surface area contributed by atoms with Crippen molar-refractivity contribution >= 4 is 30.0 Å². The maximum absolute atomic E-state index is 11.2. The van der Waals surface area contributed by atoms with E-state index in [1.165, 1.54) is 14.0 Å². The van der Waals surface area contributed by atoms with Crippen LogP contribution in [0.4, 0.5) is 17.8 Å². The van der Waals surface area contributed by atoms with Crippen molar-refractivity contribution in [3.63, 3.8) is 0 Å². The predicted molar refractivity (Wildman–Crippen MR) is 123 cm³/mol. The Labute approximate surface area is 186 Å². The highest BCUT2D eigenvalue weighted by atomic mass is 16.6. The number of methoxy groups -OCH3 is 1. The van der Waals surface area contributed by atoms with Crippen LogP contribution in [0.15, 0.2) is 53.6 Å². The zero-order valence-corrected chi connectivity index (χ0v) is 18.4. The molecule has 3 rings (SSSR count). The van der Waals surface area contributed by atoms with Crippen LogP contribution in [0.5, 0.6) is 11.5 Å². The van der Waals surface area contributed by atoms with Gasteiger partial charge in [-0.05, 0) is 29.3 Å². The van der Waals surface area contributed by atoms with Crippen molar-refractivity contribution in [3.8, 4) is 11.5 Å². The maximum atomic E-state index is 11.2. The van der Waals surface area contributed by atoms with Crippen LogP contribution in [0.25, 0.3) is 0 Å². The fourth-order valence-electron chi connectivity index (χ4n) is 2.64. The first kappa shape index (κ1) is 22.5. The maximum Gasteiger partial charge on any atom is 0.308 e. The molecular weight excluding hydrogens is 410 g/mol. The van der Waals surface area contributed by atoms with Crippen LogP contribution in [0.3, 0.4) is 0 Å². The summed E-state index contributed by atoms with van der Waals surface area (Å²) >= 11 is 0. The van der Waals surface area contributed by atoms with Gasteiger partial charge in [0.1, 0.15) is 0 Å². The number of ether oxygens (including phenoxy) is 2. The number of nitrogens with zero attached hydrogens (tertiary/aromatic N) is 5. The molecule has 3 aromatic rings. The number of aromatic nitrogens is 3. The first-order valence-corrected chi connectivity index (χ1v) is 9.81. The van der Waals surface area contributed by atoms with Crippen molar-refractivity contribution in [3.05, 3.63) is 59.7 Å². The molecule has 0 aliphatic rings. The van der Waals surface area contributed by atoms with Gasteiger partial charge in [0.05, 0.1) is 13.3 Å². The molecular formula is C22H25N7O3. The number of rotatable bonds is 9. The van der Waals surface area contributed by atoms with E-state index in [0.29, 0.717) is 35.9 Å². The number of anilines is 3. The van der Waals surface area contributed by atoms with Crippen molar-refractivity contribution in [1.29, 1.82) is 0 Å². The number of nitrogens with one attached hydrogen (secondary N) is 2. The van der Waals surface area contributed by atoms with Gasteiger partial charge in [0, 0.05) is 27.6 Å². The molecule has 1 heterocycles. The van der Waals surface area contributed by atoms with E-state index in [4.69, 9.17) is 9.47 Å². The highest BCUT2D eigenvalue weighted by Gasteiger charge is 2.09. The molecule has 0 saturated heterocycles. The Bertz CT molecular complexity index is 1090. The minimum Gasteiger partial charge on any atom is -0.493 e. The van der Waals surface area contributed by atoms with Gasteiger partial charge >= 0.3 is 5.97 Å². The van der Waals surface area contributed by atoms with Crippen LogP contribution in [-0.4, -0.2) is 48.3 Å². The lowest BCUT2D eigenvalue weighted by atomic mass is 10.2. The third-order valence-corrected chi connectivity index (χ3v) is 4.14. The van der Waals surface area contributed by atoms with Crippen molar-refractivity contribution in [2.45, 2.75) is 13.5 Å². The van der Waals surface area contributed by atoms with Gasteiger partial charge in [0.2, 0.25) is 17.8 Å². The average Bonchev–Trinajstić information content (AvgIpc) is 2.79. The molecule has 0 aliphatic carbocycles. The quantitative estimate of drug-likeness (QED) is 0.227. The van der Waals surface area contributed by atoms with E-state index in [9.17, 15) is 4.79 Å². The molecule has 166 valence electrons. The van der Waals surface area contributed by atoms with E-state index in [0.717, 1.165) is 11.1 Å². The molecule has 0 unspecified atom stereocenters. The van der Waals surface area contributed by atoms with Crippen molar-refractivity contribution in [2.75, 3.05) is 36.8 Å². The number of carbonyl (C=O) groups is 1. The molecule has 2 aromatic carbocycles. The summed E-state index contributed by atoms with van der Waals surface area (Å²) in [6.07, 6.45) is 1.58. The van der Waals surface area contributed by atoms with Gasteiger partial charge in [-0.2, -0.15) is 20.1 Å². The lowest BCUT2D eigenvalue weighted by Gasteiger charge is -2.13. The first-order chi connectivity index (χ1) is 15.4. The minimum absolute atomic E-state index is 0.291. The summed E-state index contributed by atoms with van der Waals surface area (Å²) in [6, 6.07) is 15.1. The SMILES string of the molecule is COc1cc(C=NNc2nc(NCc3ccccc3)nc(N(C)C)n2)ccc1OC(C)=O. The Balaban J connectivity index is 1.72. The molecule has 0 saturated carbocycles. The average molecular weight is 435 g/mol. The van der Waals surface area contributed by atoms with Crippen LogP contribution in [0.2, 0.25) is 0 Å². The fraction of sp³-hybridized carbons (Fsp3) is 0.227.